The van der Waals surface area contributed by atoms with E-state index in [0.717, 1.165) is 6.42 Å². The summed E-state index contributed by atoms with van der Waals surface area (Å²) >= 11 is 0. The predicted octanol–water partition coefficient (Wildman–Crippen LogP) is -1.77. The molecule has 15 heteroatoms. The monoisotopic (exact) mass is 431 g/mol. The largest absolute Gasteiger partial charge is 0.418 e. The number of amides is 3. The summed E-state index contributed by atoms with van der Waals surface area (Å²) in [6, 6.07) is -2.04. The average molecular weight is 431 g/mol. The van der Waals surface area contributed by atoms with Crippen molar-refractivity contribution in [3.63, 3.8) is 0 Å². The third kappa shape index (κ3) is 4.32. The van der Waals surface area contributed by atoms with Gasteiger partial charge in [0.1, 0.15) is 6.04 Å². The fraction of sp³-hybridized carbons (Fsp3) is 0.714. The molecule has 3 amide bonds. The van der Waals surface area contributed by atoms with Crippen molar-refractivity contribution in [2.24, 2.45) is 0 Å². The number of piperidine rings is 1. The minimum atomic E-state index is -4.83. The third-order valence-electron chi connectivity index (χ3n) is 5.22. The molecule has 0 aliphatic carbocycles. The summed E-state index contributed by atoms with van der Waals surface area (Å²) in [5.74, 6) is -0.506. The maximum Gasteiger partial charge on any atom is 0.418 e. The molecule has 3 saturated heterocycles. The van der Waals surface area contributed by atoms with Gasteiger partial charge in [-0.05, 0) is 19.3 Å². The molecule has 0 aromatic carbocycles. The van der Waals surface area contributed by atoms with Crippen molar-refractivity contribution in [3.8, 4) is 0 Å². The number of nitrogens with zero attached hydrogens (tertiary/aromatic N) is 5. The second-order valence-electron chi connectivity index (χ2n) is 7.13. The van der Waals surface area contributed by atoms with Gasteiger partial charge in [-0.2, -0.15) is 28.5 Å². The molecule has 1 aromatic heterocycles. The molecule has 0 spiro atoms. The Labute approximate surface area is 166 Å². The molecule has 29 heavy (non-hydrogen) atoms. The fourth-order valence-electron chi connectivity index (χ4n) is 3.90. The van der Waals surface area contributed by atoms with Gasteiger partial charge in [0.25, 0.3) is 5.91 Å². The number of hydroxylamine groups is 3. The van der Waals surface area contributed by atoms with E-state index < -0.39 is 34.4 Å². The molecule has 14 nitrogen and oxygen atoms in total. The summed E-state index contributed by atoms with van der Waals surface area (Å²) < 4.78 is 35.0. The third-order valence-corrected chi connectivity index (χ3v) is 5.57. The number of aromatic nitrogens is 3. The number of urea groups is 1. The summed E-state index contributed by atoms with van der Waals surface area (Å²) in [6.45, 7) is 1.03. The van der Waals surface area contributed by atoms with Crippen LogP contribution in [0.15, 0.2) is 12.4 Å². The van der Waals surface area contributed by atoms with Gasteiger partial charge in [-0.25, -0.2) is 10.3 Å². The Balaban J connectivity index is 1.25. The van der Waals surface area contributed by atoms with E-state index in [1.54, 1.807) is 17.2 Å². The lowest BCUT2D eigenvalue weighted by Crippen LogP contribution is -2.50. The zero-order valence-electron chi connectivity index (χ0n) is 15.2. The van der Waals surface area contributed by atoms with E-state index >= 15 is 0 Å². The van der Waals surface area contributed by atoms with Gasteiger partial charge in [0, 0.05) is 19.1 Å². The summed E-state index contributed by atoms with van der Waals surface area (Å²) in [5, 5.41) is 12.1. The van der Waals surface area contributed by atoms with E-state index in [-0.39, 0.29) is 25.2 Å². The van der Waals surface area contributed by atoms with Crippen LogP contribution in [-0.2, 0) is 24.3 Å². The number of hydrogen-bond donors (Lipinski definition) is 3. The number of fused-ring (bicyclic) bond motifs is 2. The second kappa shape index (κ2) is 7.83. The first-order valence-electron chi connectivity index (χ1n) is 9.09. The summed E-state index contributed by atoms with van der Waals surface area (Å²) in [7, 11) is -4.83. The number of nitrogens with one attached hydrogen (secondary N) is 2. The minimum absolute atomic E-state index is 0.00843. The topological polar surface area (TPSA) is 168 Å². The molecule has 4 rings (SSSR count). The van der Waals surface area contributed by atoms with Gasteiger partial charge < -0.3 is 10.2 Å². The number of carbonyl (C=O) groups excluding carboxylic acids is 2. The summed E-state index contributed by atoms with van der Waals surface area (Å²) in [4.78, 5) is 32.9. The van der Waals surface area contributed by atoms with Crippen LogP contribution in [0.3, 0.4) is 0 Å². The first-order chi connectivity index (χ1) is 13.8. The predicted molar refractivity (Wildman–Crippen MR) is 92.9 cm³/mol. The van der Waals surface area contributed by atoms with Gasteiger partial charge >= 0.3 is 16.4 Å². The van der Waals surface area contributed by atoms with Gasteiger partial charge in [-0.15, -0.1) is 4.28 Å². The quantitative estimate of drug-likeness (QED) is 0.332. The van der Waals surface area contributed by atoms with Crippen LogP contribution in [0.2, 0.25) is 0 Å². The maximum absolute atomic E-state index is 12.4. The highest BCUT2D eigenvalue weighted by Gasteiger charge is 2.49. The van der Waals surface area contributed by atoms with Gasteiger partial charge in [0.15, 0.2) is 0 Å². The Morgan fingerprint density at radius 1 is 1.31 bits per heavy atom. The number of rotatable bonds is 7. The van der Waals surface area contributed by atoms with E-state index in [1.807, 2.05) is 0 Å². The standard InChI is InChI=1S/C14H21N7O7S/c22-13(18-27-8-9-5-11(6-15-9)21-16-3-4-17-21)12-2-1-10-7-19(12)14(23)20(10)28-29(24,25)26/h3-4,9-12,15H,1-2,5-8H2,(H,18,22)(H,24,25,26)/t9-,10?,11+,12?/m0/s1. The van der Waals surface area contributed by atoms with Crippen LogP contribution in [0.25, 0.3) is 0 Å². The van der Waals surface area contributed by atoms with Crippen molar-refractivity contribution in [3.05, 3.63) is 12.4 Å². The summed E-state index contributed by atoms with van der Waals surface area (Å²) in [6.07, 6.45) is 4.62. The van der Waals surface area contributed by atoms with Crippen LogP contribution >= 0.6 is 0 Å². The van der Waals surface area contributed by atoms with Crippen LogP contribution in [-0.4, -0.2) is 87.7 Å². The number of carbonyl (C=O) groups is 2. The Bertz CT molecular complexity index is 864. The molecule has 3 fully saturated rings. The zero-order valence-corrected chi connectivity index (χ0v) is 16.1. The van der Waals surface area contributed by atoms with E-state index in [2.05, 4.69) is 25.3 Å². The van der Waals surface area contributed by atoms with Crippen molar-refractivity contribution in [1.29, 1.82) is 0 Å². The maximum atomic E-state index is 12.4. The van der Waals surface area contributed by atoms with Gasteiger partial charge in [-0.3, -0.25) is 14.2 Å². The van der Waals surface area contributed by atoms with Crippen molar-refractivity contribution in [1.82, 2.24) is 35.8 Å². The molecule has 1 aromatic rings. The lowest BCUT2D eigenvalue weighted by molar-refractivity contribution is -0.139. The van der Waals surface area contributed by atoms with Crippen molar-refractivity contribution in [2.45, 2.75) is 43.4 Å². The smallest absolute Gasteiger partial charge is 0.309 e. The highest BCUT2D eigenvalue weighted by molar-refractivity contribution is 7.80. The lowest BCUT2D eigenvalue weighted by atomic mass is 10.0. The molecule has 3 aliphatic heterocycles. The average Bonchev–Trinajstić information content (AvgIpc) is 3.39. The second-order valence-corrected chi connectivity index (χ2v) is 8.14. The molecule has 3 aliphatic rings. The SMILES string of the molecule is O=C(NOC[C@@H]1C[C@@H](n2nccn2)CN1)C1CCC2CN1C(=O)N2OS(=O)(=O)O. The van der Waals surface area contributed by atoms with Crippen LogP contribution in [0.4, 0.5) is 4.79 Å². The molecule has 0 radical (unpaired) electrons. The highest BCUT2D eigenvalue weighted by atomic mass is 32.3. The van der Waals surface area contributed by atoms with Crippen LogP contribution in [0, 0.1) is 0 Å². The zero-order chi connectivity index (χ0) is 20.6. The lowest BCUT2D eigenvalue weighted by Gasteiger charge is -2.29. The minimum Gasteiger partial charge on any atom is -0.309 e. The highest BCUT2D eigenvalue weighted by Crippen LogP contribution is 2.30. The van der Waals surface area contributed by atoms with Crippen molar-refractivity contribution in [2.75, 3.05) is 19.7 Å². The molecule has 160 valence electrons. The Kier molecular flexibility index (Phi) is 5.39. The molecule has 3 N–H and O–H groups in total. The van der Waals surface area contributed by atoms with Crippen molar-refractivity contribution >= 4 is 22.3 Å². The summed E-state index contributed by atoms with van der Waals surface area (Å²) in [5.41, 5.74) is 2.36. The Morgan fingerprint density at radius 3 is 2.79 bits per heavy atom. The van der Waals surface area contributed by atoms with Crippen LogP contribution in [0.1, 0.15) is 25.3 Å². The first kappa shape index (κ1) is 20.0. The van der Waals surface area contributed by atoms with E-state index in [4.69, 9.17) is 9.39 Å². The molecule has 4 heterocycles. The van der Waals surface area contributed by atoms with E-state index in [9.17, 15) is 18.0 Å². The molecular weight excluding hydrogens is 410 g/mol. The van der Waals surface area contributed by atoms with Gasteiger partial charge in [0.2, 0.25) is 0 Å². The molecule has 0 saturated carbocycles. The molecule has 4 atom stereocenters. The Morgan fingerprint density at radius 2 is 2.07 bits per heavy atom. The van der Waals surface area contributed by atoms with Crippen LogP contribution < -0.4 is 10.8 Å². The van der Waals surface area contributed by atoms with E-state index in [0.29, 0.717) is 24.4 Å². The molecule has 2 bridgehead atoms. The van der Waals surface area contributed by atoms with Crippen molar-refractivity contribution < 1.29 is 31.7 Å². The molecule has 2 unspecified atom stereocenters. The Hall–Kier alpha value is -2.33. The first-order valence-corrected chi connectivity index (χ1v) is 10.5. The van der Waals surface area contributed by atoms with Crippen LogP contribution in [0.5, 0.6) is 0 Å². The van der Waals surface area contributed by atoms with Gasteiger partial charge in [0.05, 0.1) is 31.1 Å². The van der Waals surface area contributed by atoms with Gasteiger partial charge in [-0.1, -0.05) is 0 Å². The van der Waals surface area contributed by atoms with E-state index in [1.165, 1.54) is 4.90 Å². The number of hydrogen-bond acceptors (Lipinski definition) is 9. The molecular formula is C14H21N7O7S. The normalized spacial score (nSPS) is 29.5. The fourth-order valence-corrected chi connectivity index (χ4v) is 4.29.